The third kappa shape index (κ3) is 16.0. The van der Waals surface area contributed by atoms with Crippen LogP contribution in [-0.2, 0) is 9.78 Å². The van der Waals surface area contributed by atoms with E-state index in [0.29, 0.717) is 0 Å². The fraction of sp³-hybridized carbons (Fsp3) is 0. The quantitative estimate of drug-likeness (QED) is 0.410. The summed E-state index contributed by atoms with van der Waals surface area (Å²) in [6.45, 7) is 0. The van der Waals surface area contributed by atoms with Crippen LogP contribution in [0.3, 0.4) is 0 Å². The van der Waals surface area contributed by atoms with E-state index in [0.717, 1.165) is 0 Å². The molecule has 0 bridgehead atoms. The molecule has 0 aromatic carbocycles. The maximum Gasteiger partial charge on any atom is 0.547 e. The number of carbonyl (C=O) groups is 2. The van der Waals surface area contributed by atoms with E-state index >= 15 is 0 Å². The van der Waals surface area contributed by atoms with Crippen LogP contribution in [0.25, 0.3) is 0 Å². The van der Waals surface area contributed by atoms with Crippen LogP contribution < -0.4 is 0 Å². The van der Waals surface area contributed by atoms with E-state index in [1.807, 2.05) is 0 Å². The first-order chi connectivity index (χ1) is 3.63. The number of hydrogen-bond donors (Lipinski definition) is 2. The van der Waals surface area contributed by atoms with Gasteiger partial charge >= 0.3 is 12.3 Å². The van der Waals surface area contributed by atoms with Gasteiger partial charge in [0.25, 0.3) is 0 Å². The predicted molar refractivity (Wildman–Crippen MR) is 18.2 cm³/mol. The molecule has 0 saturated carbocycles. The zero-order chi connectivity index (χ0) is 6.57. The molecule has 0 saturated heterocycles. The second kappa shape index (κ2) is 10.1. The van der Waals surface area contributed by atoms with E-state index in [1.54, 1.807) is 0 Å². The summed E-state index contributed by atoms with van der Waals surface area (Å²) in [6, 6.07) is 0. The molecule has 2 N–H and O–H groups in total. The number of rotatable bonds is 0. The van der Waals surface area contributed by atoms with Crippen molar-refractivity contribution in [2.24, 2.45) is 0 Å². The minimum atomic E-state index is -1.80. The minimum absolute atomic E-state index is 0. The summed E-state index contributed by atoms with van der Waals surface area (Å²) < 4.78 is 0. The van der Waals surface area contributed by atoms with E-state index < -0.39 is 12.3 Å². The molecule has 0 aromatic rings. The van der Waals surface area contributed by atoms with Crippen LogP contribution in [0.5, 0.6) is 0 Å². The van der Waals surface area contributed by atoms with Crippen LogP contribution in [0.1, 0.15) is 0 Å². The zero-order valence-electron chi connectivity index (χ0n) is 4.16. The van der Waals surface area contributed by atoms with Crippen molar-refractivity contribution < 1.29 is 106 Å². The van der Waals surface area contributed by atoms with E-state index in [9.17, 15) is 9.59 Å². The normalized spacial score (nSPS) is 6.00. The van der Waals surface area contributed by atoms with Gasteiger partial charge in [-0.1, -0.05) is 0 Å². The zero-order valence-corrected chi connectivity index (χ0v) is 8.22. The molecule has 0 heterocycles. The minimum Gasteiger partial charge on any atom is -0.447 e. The van der Waals surface area contributed by atoms with Crippen LogP contribution in [0.4, 0.5) is 9.59 Å². The van der Waals surface area contributed by atoms with Crippen molar-refractivity contribution in [1.29, 1.82) is 0 Å². The number of carboxylic acid groups (broad SMARTS) is 2. The van der Waals surface area contributed by atoms with Crippen LogP contribution >= 0.6 is 0 Å². The molecule has 10 heavy (non-hydrogen) atoms. The Hall–Kier alpha value is 1.09. The fourth-order valence-corrected chi connectivity index (χ4v) is 0.0713. The van der Waals surface area contributed by atoms with Crippen molar-refractivity contribution >= 4 is 12.3 Å². The summed E-state index contributed by atoms with van der Waals surface area (Å²) in [7, 11) is 0. The van der Waals surface area contributed by atoms with Crippen LogP contribution in [0.15, 0.2) is 0 Å². The average molecular weight is 447 g/mol. The van der Waals surface area contributed by atoms with Gasteiger partial charge in [-0.3, -0.25) is 0 Å². The largest absolute Gasteiger partial charge is 0.547 e. The second-order valence-electron chi connectivity index (χ2n) is 0.698. The number of hydrogen-bond acceptors (Lipinski definition) is 4. The van der Waals surface area contributed by atoms with E-state index in [2.05, 4.69) is 9.78 Å². The first-order valence-electron chi connectivity index (χ1n) is 1.43. The second-order valence-corrected chi connectivity index (χ2v) is 0.698. The van der Waals surface area contributed by atoms with Gasteiger partial charge in [0.1, 0.15) is 0 Å². The molecule has 0 aromatic heterocycles. The van der Waals surface area contributed by atoms with Gasteiger partial charge in [0.15, 0.2) is 0 Å². The Morgan fingerprint density at radius 1 is 0.900 bits per heavy atom. The Morgan fingerprint density at radius 2 is 1.10 bits per heavy atom. The third-order valence-electron chi connectivity index (χ3n) is 0.184. The summed E-state index contributed by atoms with van der Waals surface area (Å²) in [5, 5.41) is 15.1. The summed E-state index contributed by atoms with van der Waals surface area (Å²) in [5.74, 6) is 0. The monoisotopic (exact) mass is 450 g/mol. The molecule has 0 spiro atoms. The summed E-state index contributed by atoms with van der Waals surface area (Å²) in [4.78, 5) is 24.8. The van der Waals surface area contributed by atoms with Gasteiger partial charge in [-0.15, -0.1) is 0 Å². The Morgan fingerprint density at radius 3 is 1.20 bits per heavy atom. The molecular formula is C2H2Dy2O6. The molecule has 0 aliphatic rings. The van der Waals surface area contributed by atoms with Crippen LogP contribution in [0.2, 0.25) is 0 Å². The fourth-order valence-electron chi connectivity index (χ4n) is 0.0713. The molecule has 0 amide bonds. The van der Waals surface area contributed by atoms with Crippen molar-refractivity contribution in [3.63, 3.8) is 0 Å². The van der Waals surface area contributed by atoms with Gasteiger partial charge < -0.3 is 10.2 Å². The molecule has 0 unspecified atom stereocenters. The van der Waals surface area contributed by atoms with Crippen molar-refractivity contribution in [1.82, 2.24) is 0 Å². The maximum atomic E-state index is 9.29. The SMILES string of the molecule is O=C(O)OOC(=O)O.[Dy].[Dy]. The molecule has 66 valence electrons. The average Bonchev–Trinajstić information content (AvgIpc) is 1.61. The standard InChI is InChI=1S/C2H2O6.2Dy/c3-1(4)7-8-2(5)6;;/h(H,3,4)(H,5,6);;. The Labute approximate surface area is 116 Å². The molecule has 0 aliphatic heterocycles. The van der Waals surface area contributed by atoms with Gasteiger partial charge in [0, 0.05) is 76.3 Å². The van der Waals surface area contributed by atoms with Gasteiger partial charge in [0.05, 0.1) is 0 Å². The van der Waals surface area contributed by atoms with Crippen molar-refractivity contribution in [3.8, 4) is 0 Å². The molecular weight excluding hydrogens is 445 g/mol. The molecule has 0 radical (unpaired) electrons. The topological polar surface area (TPSA) is 93.1 Å². The molecule has 0 fully saturated rings. The smallest absolute Gasteiger partial charge is 0.447 e. The van der Waals surface area contributed by atoms with Gasteiger partial charge in [-0.2, -0.15) is 0 Å². The first-order valence-corrected chi connectivity index (χ1v) is 1.43. The van der Waals surface area contributed by atoms with Crippen molar-refractivity contribution in [3.05, 3.63) is 0 Å². The Kier molecular flexibility index (Phi) is 17.4. The predicted octanol–water partition coefficient (Wildman–Crippen LogP) is 0.291. The maximum absolute atomic E-state index is 9.29. The molecule has 6 nitrogen and oxygen atoms in total. The van der Waals surface area contributed by atoms with Gasteiger partial charge in [-0.25, -0.2) is 19.4 Å². The summed E-state index contributed by atoms with van der Waals surface area (Å²) in [6.07, 6.45) is -3.60. The van der Waals surface area contributed by atoms with E-state index in [1.165, 1.54) is 0 Å². The van der Waals surface area contributed by atoms with Crippen molar-refractivity contribution in [2.75, 3.05) is 0 Å². The molecule has 0 aliphatic carbocycles. The first kappa shape index (κ1) is 17.2. The molecule has 0 atom stereocenters. The van der Waals surface area contributed by atoms with Crippen molar-refractivity contribution in [2.45, 2.75) is 0 Å². The van der Waals surface area contributed by atoms with Crippen LogP contribution in [-0.4, -0.2) is 22.5 Å². The Balaban J connectivity index is -0.000000245. The van der Waals surface area contributed by atoms with Gasteiger partial charge in [-0.05, 0) is 0 Å². The summed E-state index contributed by atoms with van der Waals surface area (Å²) in [5.41, 5.74) is 0. The van der Waals surface area contributed by atoms with Crippen LogP contribution in [0, 0.1) is 76.3 Å². The third-order valence-corrected chi connectivity index (χ3v) is 0.184. The molecule has 8 heteroatoms. The van der Waals surface area contributed by atoms with E-state index in [-0.39, 0.29) is 76.3 Å². The summed E-state index contributed by atoms with van der Waals surface area (Å²) >= 11 is 0. The van der Waals surface area contributed by atoms with Gasteiger partial charge in [0.2, 0.25) is 0 Å². The van der Waals surface area contributed by atoms with E-state index in [4.69, 9.17) is 10.2 Å². The molecule has 0 rings (SSSR count). The Bertz CT molecular complexity index is 98.3.